The van der Waals surface area contributed by atoms with E-state index in [9.17, 15) is 0 Å². The van der Waals surface area contributed by atoms with Gasteiger partial charge in [0.15, 0.2) is 0 Å². The van der Waals surface area contributed by atoms with Gasteiger partial charge in [-0.3, -0.25) is 0 Å². The van der Waals surface area contributed by atoms with Gasteiger partial charge in [-0.25, -0.2) is 0 Å². The third kappa shape index (κ3) is 3.02. The van der Waals surface area contributed by atoms with Gasteiger partial charge in [0.2, 0.25) is 0 Å². The fourth-order valence-corrected chi connectivity index (χ4v) is 1.55. The van der Waals surface area contributed by atoms with E-state index in [1.165, 1.54) is 29.5 Å². The molecule has 0 heteroatoms. The maximum Gasteiger partial charge on any atom is -0.0228 e. The van der Waals surface area contributed by atoms with Crippen molar-refractivity contribution in [3.8, 4) is 0 Å². The summed E-state index contributed by atoms with van der Waals surface area (Å²) in [6.07, 6.45) is 5.92. The topological polar surface area (TPSA) is 0 Å². The minimum atomic E-state index is 1.13. The molecule has 0 radical (unpaired) electrons. The van der Waals surface area contributed by atoms with E-state index in [1.54, 1.807) is 0 Å². The van der Waals surface area contributed by atoms with Crippen molar-refractivity contribution in [3.05, 3.63) is 41.5 Å². The summed E-state index contributed by atoms with van der Waals surface area (Å²) < 4.78 is 0. The van der Waals surface area contributed by atoms with E-state index in [0.29, 0.717) is 0 Å². The molecule has 0 saturated carbocycles. The molecule has 0 unspecified atom stereocenters. The maximum atomic E-state index is 2.37. The van der Waals surface area contributed by atoms with E-state index < -0.39 is 0 Å². The van der Waals surface area contributed by atoms with Crippen LogP contribution < -0.4 is 0 Å². The summed E-state index contributed by atoms with van der Waals surface area (Å²) in [7, 11) is 0. The standard InChI is InChI=1S/C14H20/c1-4-6-7-13(5-2)14-10-8-12(3)9-11-14/h7-11H,4-6H2,1-3H3. The van der Waals surface area contributed by atoms with Crippen LogP contribution in [0.4, 0.5) is 0 Å². The molecule has 1 rings (SSSR count). The highest BCUT2D eigenvalue weighted by molar-refractivity contribution is 5.65. The summed E-state index contributed by atoms with van der Waals surface area (Å²) in [6.45, 7) is 6.57. The Balaban J connectivity index is 2.84. The molecule has 0 atom stereocenters. The zero-order valence-electron chi connectivity index (χ0n) is 9.51. The van der Waals surface area contributed by atoms with Crippen LogP contribution in [0.5, 0.6) is 0 Å². The number of aryl methyl sites for hydroxylation is 1. The molecule has 0 aliphatic carbocycles. The van der Waals surface area contributed by atoms with Crippen molar-refractivity contribution in [2.45, 2.75) is 40.0 Å². The van der Waals surface area contributed by atoms with Gasteiger partial charge in [0.1, 0.15) is 0 Å². The Morgan fingerprint density at radius 1 is 1.14 bits per heavy atom. The Morgan fingerprint density at radius 2 is 1.79 bits per heavy atom. The first-order chi connectivity index (χ1) is 6.77. The van der Waals surface area contributed by atoms with Gasteiger partial charge in [0.25, 0.3) is 0 Å². The second-order valence-corrected chi connectivity index (χ2v) is 3.74. The molecule has 0 aliphatic rings. The molecule has 0 heterocycles. The molecule has 0 amide bonds. The number of unbranched alkanes of at least 4 members (excludes halogenated alkanes) is 1. The Hall–Kier alpha value is -1.04. The van der Waals surface area contributed by atoms with Crippen molar-refractivity contribution in [2.24, 2.45) is 0 Å². The molecule has 0 fully saturated rings. The highest BCUT2D eigenvalue weighted by Gasteiger charge is 1.97. The average Bonchev–Trinajstić information content (AvgIpc) is 2.21. The van der Waals surface area contributed by atoms with Crippen molar-refractivity contribution in [1.29, 1.82) is 0 Å². The summed E-state index contributed by atoms with van der Waals surface area (Å²) in [6, 6.07) is 8.82. The predicted octanol–water partition coefficient (Wildman–Crippen LogP) is 4.59. The van der Waals surface area contributed by atoms with Gasteiger partial charge >= 0.3 is 0 Å². The Morgan fingerprint density at radius 3 is 2.29 bits per heavy atom. The highest BCUT2D eigenvalue weighted by atomic mass is 14.0. The summed E-state index contributed by atoms with van der Waals surface area (Å²) in [5.74, 6) is 0. The van der Waals surface area contributed by atoms with Crippen molar-refractivity contribution in [1.82, 2.24) is 0 Å². The minimum Gasteiger partial charge on any atom is -0.0807 e. The van der Waals surface area contributed by atoms with Crippen LogP contribution in [0.3, 0.4) is 0 Å². The van der Waals surface area contributed by atoms with Gasteiger partial charge in [0.05, 0.1) is 0 Å². The molecule has 0 saturated heterocycles. The zero-order valence-corrected chi connectivity index (χ0v) is 9.51. The molecule has 0 spiro atoms. The largest absolute Gasteiger partial charge is 0.0807 e. The third-order valence-corrected chi connectivity index (χ3v) is 2.48. The second-order valence-electron chi connectivity index (χ2n) is 3.74. The number of allylic oxidation sites excluding steroid dienone is 2. The Labute approximate surface area is 87.7 Å². The minimum absolute atomic E-state index is 1.13. The molecule has 14 heavy (non-hydrogen) atoms. The zero-order chi connectivity index (χ0) is 10.4. The molecule has 0 bridgehead atoms. The fraction of sp³-hybridized carbons (Fsp3) is 0.429. The van der Waals surface area contributed by atoms with Crippen molar-refractivity contribution < 1.29 is 0 Å². The quantitative estimate of drug-likeness (QED) is 0.648. The first kappa shape index (κ1) is 11.0. The first-order valence-electron chi connectivity index (χ1n) is 5.54. The smallest absolute Gasteiger partial charge is 0.0228 e. The van der Waals surface area contributed by atoms with Gasteiger partial charge in [-0.15, -0.1) is 0 Å². The molecule has 1 aromatic rings. The van der Waals surface area contributed by atoms with Gasteiger partial charge in [0, 0.05) is 0 Å². The summed E-state index contributed by atoms with van der Waals surface area (Å²) in [4.78, 5) is 0. The van der Waals surface area contributed by atoms with Crippen LogP contribution in [-0.4, -0.2) is 0 Å². The number of benzene rings is 1. The van der Waals surface area contributed by atoms with E-state index in [4.69, 9.17) is 0 Å². The van der Waals surface area contributed by atoms with E-state index in [0.717, 1.165) is 6.42 Å². The Kier molecular flexibility index (Phi) is 4.45. The lowest BCUT2D eigenvalue weighted by Crippen LogP contribution is -1.83. The van der Waals surface area contributed by atoms with Crippen molar-refractivity contribution >= 4 is 5.57 Å². The number of rotatable bonds is 4. The normalized spacial score (nSPS) is 11.8. The predicted molar refractivity (Wildman–Crippen MR) is 64.4 cm³/mol. The van der Waals surface area contributed by atoms with Gasteiger partial charge < -0.3 is 0 Å². The molecule has 0 N–H and O–H groups in total. The fourth-order valence-electron chi connectivity index (χ4n) is 1.55. The summed E-state index contributed by atoms with van der Waals surface area (Å²) in [5, 5.41) is 0. The van der Waals surface area contributed by atoms with Gasteiger partial charge in [-0.1, -0.05) is 56.2 Å². The molecular formula is C14H20. The lowest BCUT2D eigenvalue weighted by Gasteiger charge is -2.05. The van der Waals surface area contributed by atoms with Crippen LogP contribution >= 0.6 is 0 Å². The van der Waals surface area contributed by atoms with Crippen LogP contribution in [0, 0.1) is 6.92 Å². The number of hydrogen-bond acceptors (Lipinski definition) is 0. The van der Waals surface area contributed by atoms with E-state index >= 15 is 0 Å². The van der Waals surface area contributed by atoms with Crippen molar-refractivity contribution in [3.63, 3.8) is 0 Å². The van der Waals surface area contributed by atoms with Crippen LogP contribution in [0.25, 0.3) is 5.57 Å². The lowest BCUT2D eigenvalue weighted by molar-refractivity contribution is 0.955. The lowest BCUT2D eigenvalue weighted by atomic mass is 10.0. The van der Waals surface area contributed by atoms with Crippen LogP contribution in [0.2, 0.25) is 0 Å². The Bertz CT molecular complexity index is 290. The second kappa shape index (κ2) is 5.64. The van der Waals surface area contributed by atoms with Crippen LogP contribution in [-0.2, 0) is 0 Å². The summed E-state index contributed by atoms with van der Waals surface area (Å²) in [5.41, 5.74) is 4.19. The average molecular weight is 188 g/mol. The molecule has 0 aromatic heterocycles. The monoisotopic (exact) mass is 188 g/mol. The first-order valence-corrected chi connectivity index (χ1v) is 5.54. The van der Waals surface area contributed by atoms with Crippen LogP contribution in [0.1, 0.15) is 44.2 Å². The molecule has 0 aliphatic heterocycles. The molecule has 76 valence electrons. The molecular weight excluding hydrogens is 168 g/mol. The molecule has 1 aromatic carbocycles. The third-order valence-electron chi connectivity index (χ3n) is 2.48. The SMILES string of the molecule is CCCC=C(CC)c1ccc(C)cc1. The van der Waals surface area contributed by atoms with E-state index in [1.807, 2.05) is 0 Å². The maximum absolute atomic E-state index is 2.37. The summed E-state index contributed by atoms with van der Waals surface area (Å²) >= 11 is 0. The highest BCUT2D eigenvalue weighted by Crippen LogP contribution is 2.19. The van der Waals surface area contributed by atoms with Gasteiger partial charge in [-0.2, -0.15) is 0 Å². The van der Waals surface area contributed by atoms with Crippen molar-refractivity contribution in [2.75, 3.05) is 0 Å². The van der Waals surface area contributed by atoms with Crippen LogP contribution in [0.15, 0.2) is 30.3 Å². The number of hydrogen-bond donors (Lipinski definition) is 0. The van der Waals surface area contributed by atoms with Gasteiger partial charge in [-0.05, 0) is 30.9 Å². The van der Waals surface area contributed by atoms with E-state index in [-0.39, 0.29) is 0 Å². The van der Waals surface area contributed by atoms with E-state index in [2.05, 4.69) is 51.1 Å². The molecule has 0 nitrogen and oxygen atoms in total.